The zero-order chi connectivity index (χ0) is 11.5. The highest BCUT2D eigenvalue weighted by Gasteiger charge is 2.14. The number of aromatic nitrogens is 1. The molecule has 0 aliphatic heterocycles. The first-order chi connectivity index (χ1) is 7.68. The van der Waals surface area contributed by atoms with E-state index in [0.29, 0.717) is 5.56 Å². The van der Waals surface area contributed by atoms with Gasteiger partial charge in [0.05, 0.1) is 11.7 Å². The van der Waals surface area contributed by atoms with E-state index in [9.17, 15) is 8.78 Å². The molecule has 1 heterocycles. The Bertz CT molecular complexity index is 500. The Morgan fingerprint density at radius 1 is 1.12 bits per heavy atom. The van der Waals surface area contributed by atoms with Crippen molar-refractivity contribution in [3.63, 3.8) is 0 Å². The van der Waals surface area contributed by atoms with E-state index in [-0.39, 0.29) is 5.69 Å². The summed E-state index contributed by atoms with van der Waals surface area (Å²) >= 11 is 0. The average molecular weight is 220 g/mol. The second-order valence-corrected chi connectivity index (χ2v) is 3.40. The van der Waals surface area contributed by atoms with E-state index in [0.717, 1.165) is 0 Å². The minimum atomic E-state index is -0.753. The third kappa shape index (κ3) is 2.06. The molecule has 2 aromatic rings. The number of rotatable bonds is 2. The lowest BCUT2D eigenvalue weighted by atomic mass is 10.0. The molecule has 2 N–H and O–H groups in total. The summed E-state index contributed by atoms with van der Waals surface area (Å²) in [6.07, 6.45) is 1.46. The molecule has 0 aliphatic rings. The molecule has 1 aromatic heterocycles. The highest BCUT2D eigenvalue weighted by Crippen LogP contribution is 2.20. The van der Waals surface area contributed by atoms with Crippen LogP contribution in [-0.4, -0.2) is 4.98 Å². The second-order valence-electron chi connectivity index (χ2n) is 3.40. The first kappa shape index (κ1) is 10.7. The van der Waals surface area contributed by atoms with Crippen molar-refractivity contribution in [1.29, 1.82) is 0 Å². The number of nitrogens with zero attached hydrogens (tertiary/aromatic N) is 1. The Morgan fingerprint density at radius 2 is 1.94 bits per heavy atom. The number of benzene rings is 1. The summed E-state index contributed by atoms with van der Waals surface area (Å²) in [6, 6.07) is 7.77. The fourth-order valence-electron chi connectivity index (χ4n) is 1.48. The fraction of sp³-hybridized carbons (Fsp3) is 0.0833. The average Bonchev–Trinajstić information content (AvgIpc) is 2.29. The fourth-order valence-corrected chi connectivity index (χ4v) is 1.48. The summed E-state index contributed by atoms with van der Waals surface area (Å²) in [6.45, 7) is 0. The number of hydrogen-bond donors (Lipinski definition) is 1. The van der Waals surface area contributed by atoms with Crippen molar-refractivity contribution in [2.24, 2.45) is 5.73 Å². The van der Waals surface area contributed by atoms with Crippen LogP contribution in [0, 0.1) is 11.6 Å². The molecule has 1 unspecified atom stereocenters. The minimum Gasteiger partial charge on any atom is -0.319 e. The molecule has 0 saturated carbocycles. The number of hydrogen-bond acceptors (Lipinski definition) is 2. The second kappa shape index (κ2) is 4.37. The first-order valence-electron chi connectivity index (χ1n) is 4.80. The van der Waals surface area contributed by atoms with Crippen molar-refractivity contribution in [1.82, 2.24) is 4.98 Å². The summed E-state index contributed by atoms with van der Waals surface area (Å²) < 4.78 is 26.4. The van der Waals surface area contributed by atoms with E-state index in [1.54, 1.807) is 6.07 Å². The van der Waals surface area contributed by atoms with Crippen LogP contribution in [0.3, 0.4) is 0 Å². The van der Waals surface area contributed by atoms with Gasteiger partial charge < -0.3 is 5.73 Å². The summed E-state index contributed by atoms with van der Waals surface area (Å²) in [5, 5.41) is 0. The molecule has 0 amide bonds. The summed E-state index contributed by atoms with van der Waals surface area (Å²) in [5.74, 6) is -0.886. The normalized spacial score (nSPS) is 12.4. The largest absolute Gasteiger partial charge is 0.319 e. The van der Waals surface area contributed by atoms with Crippen molar-refractivity contribution < 1.29 is 8.78 Å². The van der Waals surface area contributed by atoms with Crippen molar-refractivity contribution in [3.8, 4) is 0 Å². The Hall–Kier alpha value is -1.81. The highest BCUT2D eigenvalue weighted by molar-refractivity contribution is 5.28. The van der Waals surface area contributed by atoms with E-state index in [4.69, 9.17) is 5.73 Å². The van der Waals surface area contributed by atoms with Gasteiger partial charge in [-0.25, -0.2) is 8.78 Å². The summed E-state index contributed by atoms with van der Waals surface area (Å²) in [4.78, 5) is 3.86. The Morgan fingerprint density at radius 3 is 2.62 bits per heavy atom. The van der Waals surface area contributed by atoms with Crippen LogP contribution in [0.5, 0.6) is 0 Å². The molecule has 82 valence electrons. The molecule has 1 atom stereocenters. The van der Waals surface area contributed by atoms with Crippen LogP contribution in [0.4, 0.5) is 8.78 Å². The van der Waals surface area contributed by atoms with Crippen LogP contribution >= 0.6 is 0 Å². The van der Waals surface area contributed by atoms with Crippen molar-refractivity contribution >= 4 is 0 Å². The Balaban J connectivity index is 2.39. The molecule has 0 aliphatic carbocycles. The molecule has 4 heteroatoms. The van der Waals surface area contributed by atoms with Gasteiger partial charge in [-0.3, -0.25) is 4.98 Å². The predicted molar refractivity (Wildman–Crippen MR) is 56.6 cm³/mol. The van der Waals surface area contributed by atoms with Gasteiger partial charge in [0.25, 0.3) is 0 Å². The maximum absolute atomic E-state index is 13.4. The molecule has 1 aromatic carbocycles. The smallest absolute Gasteiger partial charge is 0.146 e. The van der Waals surface area contributed by atoms with Gasteiger partial charge in [-0.15, -0.1) is 0 Å². The summed E-state index contributed by atoms with van der Waals surface area (Å²) in [7, 11) is 0. The van der Waals surface area contributed by atoms with Crippen molar-refractivity contribution in [3.05, 3.63) is 65.5 Å². The monoisotopic (exact) mass is 220 g/mol. The standard InChI is InChI=1S/C12H10F2N2/c13-9-4-1-3-8(7-9)11(15)12-10(14)5-2-6-16-12/h1-7,11H,15H2. The van der Waals surface area contributed by atoms with E-state index < -0.39 is 17.7 Å². The minimum absolute atomic E-state index is 0.119. The van der Waals surface area contributed by atoms with Crippen LogP contribution in [0.1, 0.15) is 17.3 Å². The lowest BCUT2D eigenvalue weighted by Crippen LogP contribution is -2.15. The Labute approximate surface area is 91.7 Å². The lowest BCUT2D eigenvalue weighted by molar-refractivity contribution is 0.583. The van der Waals surface area contributed by atoms with Crippen LogP contribution in [0.15, 0.2) is 42.6 Å². The van der Waals surface area contributed by atoms with Gasteiger partial charge >= 0.3 is 0 Å². The zero-order valence-corrected chi connectivity index (χ0v) is 8.40. The van der Waals surface area contributed by atoms with Crippen LogP contribution in [0.25, 0.3) is 0 Å². The predicted octanol–water partition coefficient (Wildman–Crippen LogP) is 2.41. The van der Waals surface area contributed by atoms with Gasteiger partial charge in [-0.05, 0) is 29.8 Å². The molecule has 2 nitrogen and oxygen atoms in total. The van der Waals surface area contributed by atoms with Gasteiger partial charge in [0.1, 0.15) is 11.6 Å². The number of halogens is 2. The molecule has 0 fully saturated rings. The molecular weight excluding hydrogens is 210 g/mol. The molecule has 0 saturated heterocycles. The summed E-state index contributed by atoms with van der Waals surface area (Å²) in [5.41, 5.74) is 6.43. The van der Waals surface area contributed by atoms with Gasteiger partial charge in [-0.1, -0.05) is 12.1 Å². The zero-order valence-electron chi connectivity index (χ0n) is 8.40. The molecule has 0 bridgehead atoms. The van der Waals surface area contributed by atoms with Gasteiger partial charge in [0, 0.05) is 6.20 Å². The van der Waals surface area contributed by atoms with Crippen molar-refractivity contribution in [2.45, 2.75) is 6.04 Å². The SMILES string of the molecule is NC(c1cccc(F)c1)c1ncccc1F. The third-order valence-corrected chi connectivity index (χ3v) is 2.29. The lowest BCUT2D eigenvalue weighted by Gasteiger charge is -2.11. The van der Waals surface area contributed by atoms with Crippen LogP contribution in [-0.2, 0) is 0 Å². The molecular formula is C12H10F2N2. The Kier molecular flexibility index (Phi) is 2.92. The van der Waals surface area contributed by atoms with Gasteiger partial charge in [0.2, 0.25) is 0 Å². The van der Waals surface area contributed by atoms with Gasteiger partial charge in [0.15, 0.2) is 0 Å². The van der Waals surface area contributed by atoms with Crippen molar-refractivity contribution in [2.75, 3.05) is 0 Å². The quantitative estimate of drug-likeness (QED) is 0.844. The van der Waals surface area contributed by atoms with E-state index in [1.807, 2.05) is 0 Å². The number of nitrogens with two attached hydrogens (primary N) is 1. The van der Waals surface area contributed by atoms with E-state index in [2.05, 4.69) is 4.98 Å². The molecule has 0 spiro atoms. The van der Waals surface area contributed by atoms with Crippen LogP contribution < -0.4 is 5.73 Å². The first-order valence-corrected chi connectivity index (χ1v) is 4.80. The topological polar surface area (TPSA) is 38.9 Å². The molecule has 0 radical (unpaired) electrons. The number of pyridine rings is 1. The highest BCUT2D eigenvalue weighted by atomic mass is 19.1. The van der Waals surface area contributed by atoms with E-state index in [1.165, 1.54) is 36.5 Å². The molecule has 2 rings (SSSR count). The maximum atomic E-state index is 13.4. The van der Waals surface area contributed by atoms with E-state index >= 15 is 0 Å². The maximum Gasteiger partial charge on any atom is 0.146 e. The van der Waals surface area contributed by atoms with Gasteiger partial charge in [-0.2, -0.15) is 0 Å². The van der Waals surface area contributed by atoms with Crippen LogP contribution in [0.2, 0.25) is 0 Å². The third-order valence-electron chi connectivity index (χ3n) is 2.29. The molecule has 16 heavy (non-hydrogen) atoms.